The number of hydrogen-bond donors (Lipinski definition) is 1. The summed E-state index contributed by atoms with van der Waals surface area (Å²) in [5, 5.41) is 0. The van der Waals surface area contributed by atoms with E-state index in [2.05, 4.69) is 16.8 Å². The first-order valence-corrected chi connectivity index (χ1v) is 7.91. The summed E-state index contributed by atoms with van der Waals surface area (Å²) in [6, 6.07) is 1.31. The molecule has 0 spiro atoms. The molecule has 3 unspecified atom stereocenters. The highest BCUT2D eigenvalue weighted by Crippen LogP contribution is 2.22. The molecule has 19 heavy (non-hydrogen) atoms. The van der Waals surface area contributed by atoms with E-state index in [1.165, 1.54) is 38.8 Å². The number of ether oxygens (including phenoxy) is 1. The molecule has 112 valence electrons. The van der Waals surface area contributed by atoms with Crippen molar-refractivity contribution < 1.29 is 4.74 Å². The van der Waals surface area contributed by atoms with Gasteiger partial charge in [-0.2, -0.15) is 0 Å². The fraction of sp³-hybridized carbons (Fsp3) is 1.00. The van der Waals surface area contributed by atoms with E-state index in [1.807, 2.05) is 7.11 Å². The van der Waals surface area contributed by atoms with E-state index in [9.17, 15) is 0 Å². The van der Waals surface area contributed by atoms with Gasteiger partial charge in [0.05, 0.1) is 6.10 Å². The van der Waals surface area contributed by atoms with Crippen LogP contribution in [0.5, 0.6) is 0 Å². The summed E-state index contributed by atoms with van der Waals surface area (Å²) >= 11 is 0. The molecule has 2 aliphatic rings. The SMILES string of the molecule is COC1CCN(CCC2CCCCN2C)C(CN)C1. The summed E-state index contributed by atoms with van der Waals surface area (Å²) in [4.78, 5) is 5.14. The molecule has 3 atom stereocenters. The van der Waals surface area contributed by atoms with Crippen LogP contribution >= 0.6 is 0 Å². The topological polar surface area (TPSA) is 41.7 Å². The molecule has 0 saturated carbocycles. The Morgan fingerprint density at radius 1 is 1.16 bits per heavy atom. The minimum atomic E-state index is 0.419. The monoisotopic (exact) mass is 269 g/mol. The molecule has 4 heteroatoms. The standard InChI is InChI=1S/C15H31N3O/c1-17-8-4-3-5-13(17)6-9-18-10-7-15(19-2)11-14(18)12-16/h13-15H,3-12,16H2,1-2H3. The van der Waals surface area contributed by atoms with E-state index in [-0.39, 0.29) is 0 Å². The summed E-state index contributed by atoms with van der Waals surface area (Å²) in [6.45, 7) is 4.39. The van der Waals surface area contributed by atoms with Crippen molar-refractivity contribution in [1.29, 1.82) is 0 Å². The second-order valence-electron chi connectivity index (χ2n) is 6.23. The molecule has 0 bridgehead atoms. The number of hydrogen-bond acceptors (Lipinski definition) is 4. The third-order valence-electron chi connectivity index (χ3n) is 5.07. The zero-order valence-electron chi connectivity index (χ0n) is 12.7. The zero-order valence-corrected chi connectivity index (χ0v) is 12.7. The maximum atomic E-state index is 5.94. The number of nitrogens with zero attached hydrogens (tertiary/aromatic N) is 2. The maximum Gasteiger partial charge on any atom is 0.0599 e. The van der Waals surface area contributed by atoms with E-state index >= 15 is 0 Å². The molecule has 2 aliphatic heterocycles. The predicted octanol–water partition coefficient (Wildman–Crippen LogP) is 1.30. The van der Waals surface area contributed by atoms with Crippen LogP contribution in [0, 0.1) is 0 Å². The van der Waals surface area contributed by atoms with Crippen LogP contribution < -0.4 is 5.73 Å². The highest BCUT2D eigenvalue weighted by molar-refractivity contribution is 4.84. The summed E-state index contributed by atoms with van der Waals surface area (Å²) in [7, 11) is 4.10. The minimum absolute atomic E-state index is 0.419. The van der Waals surface area contributed by atoms with Gasteiger partial charge in [0, 0.05) is 32.3 Å². The average molecular weight is 269 g/mol. The van der Waals surface area contributed by atoms with Gasteiger partial charge in [0.2, 0.25) is 0 Å². The largest absolute Gasteiger partial charge is 0.381 e. The Kier molecular flexibility index (Phi) is 6.07. The van der Waals surface area contributed by atoms with E-state index in [0.29, 0.717) is 12.1 Å². The third-order valence-corrected chi connectivity index (χ3v) is 5.07. The first-order chi connectivity index (χ1) is 9.24. The van der Waals surface area contributed by atoms with Gasteiger partial charge >= 0.3 is 0 Å². The minimum Gasteiger partial charge on any atom is -0.381 e. The number of piperidine rings is 2. The lowest BCUT2D eigenvalue weighted by Crippen LogP contribution is -2.50. The van der Waals surface area contributed by atoms with Crippen molar-refractivity contribution in [1.82, 2.24) is 9.80 Å². The van der Waals surface area contributed by atoms with Crippen LogP contribution in [0.15, 0.2) is 0 Å². The predicted molar refractivity (Wildman–Crippen MR) is 79.3 cm³/mol. The van der Waals surface area contributed by atoms with Crippen molar-refractivity contribution in [2.45, 2.75) is 56.7 Å². The number of rotatable bonds is 5. The van der Waals surface area contributed by atoms with E-state index in [4.69, 9.17) is 10.5 Å². The smallest absolute Gasteiger partial charge is 0.0599 e. The number of likely N-dealkylation sites (tertiary alicyclic amines) is 2. The zero-order chi connectivity index (χ0) is 13.7. The van der Waals surface area contributed by atoms with Crippen molar-refractivity contribution in [2.24, 2.45) is 5.73 Å². The first kappa shape index (κ1) is 15.2. The fourth-order valence-corrected chi connectivity index (χ4v) is 3.64. The number of methoxy groups -OCH3 is 1. The van der Waals surface area contributed by atoms with Crippen molar-refractivity contribution in [3.05, 3.63) is 0 Å². The van der Waals surface area contributed by atoms with Gasteiger partial charge in [0.1, 0.15) is 0 Å². The molecule has 0 aromatic carbocycles. The molecular weight excluding hydrogens is 238 g/mol. The van der Waals surface area contributed by atoms with Gasteiger partial charge in [0.25, 0.3) is 0 Å². The van der Waals surface area contributed by atoms with Crippen molar-refractivity contribution >= 4 is 0 Å². The summed E-state index contributed by atoms with van der Waals surface area (Å²) in [5.41, 5.74) is 5.94. The van der Waals surface area contributed by atoms with Crippen LogP contribution in [0.25, 0.3) is 0 Å². The average Bonchev–Trinajstić information content (AvgIpc) is 2.46. The Balaban J connectivity index is 1.78. The van der Waals surface area contributed by atoms with Gasteiger partial charge in [0.15, 0.2) is 0 Å². The number of nitrogens with two attached hydrogens (primary N) is 1. The van der Waals surface area contributed by atoms with Gasteiger partial charge in [-0.25, -0.2) is 0 Å². The molecule has 2 saturated heterocycles. The fourth-order valence-electron chi connectivity index (χ4n) is 3.64. The molecule has 0 aromatic heterocycles. The molecular formula is C15H31N3O. The third kappa shape index (κ3) is 4.15. The van der Waals surface area contributed by atoms with Crippen molar-refractivity contribution in [3.8, 4) is 0 Å². The lowest BCUT2D eigenvalue weighted by atomic mass is 9.96. The van der Waals surface area contributed by atoms with Crippen molar-refractivity contribution in [3.63, 3.8) is 0 Å². The van der Waals surface area contributed by atoms with Crippen LogP contribution in [-0.4, -0.2) is 68.3 Å². The second kappa shape index (κ2) is 7.58. The molecule has 0 radical (unpaired) electrons. The van der Waals surface area contributed by atoms with Gasteiger partial charge < -0.3 is 15.4 Å². The second-order valence-corrected chi connectivity index (χ2v) is 6.23. The van der Waals surface area contributed by atoms with Crippen molar-refractivity contribution in [2.75, 3.05) is 40.3 Å². The highest BCUT2D eigenvalue weighted by atomic mass is 16.5. The van der Waals surface area contributed by atoms with Gasteiger partial charge in [-0.3, -0.25) is 4.90 Å². The summed E-state index contributed by atoms with van der Waals surface area (Å²) in [6.07, 6.45) is 8.13. The molecule has 2 N–H and O–H groups in total. The Bertz CT molecular complexity index is 262. The van der Waals surface area contributed by atoms with Crippen LogP contribution in [0.1, 0.15) is 38.5 Å². The normalized spacial score (nSPS) is 34.6. The molecule has 4 nitrogen and oxygen atoms in total. The quantitative estimate of drug-likeness (QED) is 0.817. The first-order valence-electron chi connectivity index (χ1n) is 7.91. The van der Waals surface area contributed by atoms with Gasteiger partial charge in [-0.05, 0) is 52.2 Å². The van der Waals surface area contributed by atoms with E-state index in [1.54, 1.807) is 0 Å². The van der Waals surface area contributed by atoms with Crippen LogP contribution in [0.3, 0.4) is 0 Å². The Morgan fingerprint density at radius 2 is 2.00 bits per heavy atom. The summed E-state index contributed by atoms with van der Waals surface area (Å²) in [5.74, 6) is 0. The highest BCUT2D eigenvalue weighted by Gasteiger charge is 2.28. The molecule has 2 heterocycles. The lowest BCUT2D eigenvalue weighted by molar-refractivity contribution is 0.00955. The van der Waals surface area contributed by atoms with E-state index < -0.39 is 0 Å². The van der Waals surface area contributed by atoms with Crippen LogP contribution in [0.2, 0.25) is 0 Å². The molecule has 2 rings (SSSR count). The van der Waals surface area contributed by atoms with Gasteiger partial charge in [-0.1, -0.05) is 6.42 Å². The van der Waals surface area contributed by atoms with Crippen LogP contribution in [-0.2, 0) is 4.74 Å². The van der Waals surface area contributed by atoms with Crippen LogP contribution in [0.4, 0.5) is 0 Å². The molecule has 0 amide bonds. The molecule has 0 aromatic rings. The molecule has 2 fully saturated rings. The Labute approximate surface area is 118 Å². The Hall–Kier alpha value is -0.160. The maximum absolute atomic E-state index is 5.94. The van der Waals surface area contributed by atoms with E-state index in [0.717, 1.165) is 32.0 Å². The summed E-state index contributed by atoms with van der Waals surface area (Å²) < 4.78 is 5.49. The Morgan fingerprint density at radius 3 is 2.68 bits per heavy atom. The molecule has 0 aliphatic carbocycles. The van der Waals surface area contributed by atoms with Gasteiger partial charge in [-0.15, -0.1) is 0 Å². The lowest BCUT2D eigenvalue weighted by Gasteiger charge is -2.40.